The summed E-state index contributed by atoms with van der Waals surface area (Å²) in [6.07, 6.45) is 1.03. The maximum absolute atomic E-state index is 7.85. The average molecular weight is 96.1 g/mol. The first-order chi connectivity index (χ1) is 3.31. The number of hydrogen-bond acceptors (Lipinski definition) is 2. The van der Waals surface area contributed by atoms with E-state index in [2.05, 4.69) is 10.1 Å². The molecule has 0 spiro atoms. The summed E-state index contributed by atoms with van der Waals surface area (Å²) in [5.74, 6) is 0. The van der Waals surface area contributed by atoms with Gasteiger partial charge in [0.25, 0.3) is 0 Å². The van der Waals surface area contributed by atoms with Crippen LogP contribution in [0.15, 0.2) is 17.0 Å². The minimum atomic E-state index is 0.266. The topological polar surface area (TPSA) is 62.8 Å². The molecule has 0 bridgehead atoms. The summed E-state index contributed by atoms with van der Waals surface area (Å²) in [7, 11) is 0. The van der Waals surface area contributed by atoms with E-state index in [-0.39, 0.29) is 5.70 Å². The molecule has 4 nitrogen and oxygen atoms in total. The summed E-state index contributed by atoms with van der Waals surface area (Å²) in [6, 6.07) is 0. The van der Waals surface area contributed by atoms with Gasteiger partial charge < -0.3 is 10.6 Å². The number of diazo groups is 1. The fraction of sp³-hybridized carbons (Fsp3) is 0.333. The van der Waals surface area contributed by atoms with Gasteiger partial charge >= 0.3 is 5.70 Å². The minimum absolute atomic E-state index is 0.266. The van der Waals surface area contributed by atoms with E-state index < -0.39 is 0 Å². The Morgan fingerprint density at radius 1 is 2.00 bits per heavy atom. The summed E-state index contributed by atoms with van der Waals surface area (Å²) in [5, 5.41) is 10.4. The van der Waals surface area contributed by atoms with E-state index in [1.54, 1.807) is 0 Å². The maximum atomic E-state index is 7.85. The van der Waals surface area contributed by atoms with Gasteiger partial charge in [-0.3, -0.25) is 0 Å². The first kappa shape index (κ1) is 5.76. The molecule has 0 fully saturated rings. The summed E-state index contributed by atoms with van der Waals surface area (Å²) < 4.78 is 0. The Kier molecular flexibility index (Phi) is 2.44. The zero-order valence-electron chi connectivity index (χ0n) is 3.87. The van der Waals surface area contributed by atoms with Crippen molar-refractivity contribution in [1.82, 2.24) is 0 Å². The SMILES string of the molecule is CC(=CN=[N-])[N+]#N. The maximum Gasteiger partial charge on any atom is 0.374 e. The molecule has 0 heterocycles. The lowest BCUT2D eigenvalue weighted by atomic mass is 10.6. The third-order valence-corrected chi connectivity index (χ3v) is 0.402. The summed E-state index contributed by atoms with van der Waals surface area (Å²) in [5.41, 5.74) is 8.01. The highest BCUT2D eigenvalue weighted by molar-refractivity contribution is 5.02. The molecule has 0 atom stereocenters. The second-order valence-electron chi connectivity index (χ2n) is 0.986. The standard InChI is InChI=1S/C3H4N4/c1-3(7-5)2-6-4/h2H,1H3. The van der Waals surface area contributed by atoms with Crippen LogP contribution in [0.25, 0.3) is 10.5 Å². The van der Waals surface area contributed by atoms with Crippen molar-refractivity contribution < 1.29 is 0 Å². The zero-order valence-corrected chi connectivity index (χ0v) is 3.87. The number of allylic oxidation sites excluding steroid dienone is 1. The van der Waals surface area contributed by atoms with Crippen molar-refractivity contribution in [3.8, 4) is 0 Å². The Labute approximate surface area is 41.0 Å². The van der Waals surface area contributed by atoms with Crippen LogP contribution in [0.2, 0.25) is 0 Å². The van der Waals surface area contributed by atoms with Gasteiger partial charge in [-0.05, 0) is 0 Å². The van der Waals surface area contributed by atoms with Gasteiger partial charge in [0.1, 0.15) is 0 Å². The summed E-state index contributed by atoms with van der Waals surface area (Å²) in [4.78, 5) is 2.69. The van der Waals surface area contributed by atoms with Crippen LogP contribution in [0, 0.1) is 5.39 Å². The number of nitrogens with zero attached hydrogens (tertiary/aromatic N) is 4. The molecule has 0 N–H and O–H groups in total. The zero-order chi connectivity index (χ0) is 5.70. The molecule has 0 unspecified atom stereocenters. The lowest BCUT2D eigenvalue weighted by molar-refractivity contribution is 1.33. The van der Waals surface area contributed by atoms with Crippen LogP contribution < -0.4 is 0 Å². The molecule has 0 aromatic heterocycles. The molecule has 36 valence electrons. The highest BCUT2D eigenvalue weighted by Gasteiger charge is 1.92. The number of rotatable bonds is 1. The summed E-state index contributed by atoms with van der Waals surface area (Å²) >= 11 is 0. The molecule has 0 aromatic rings. The molecule has 4 heteroatoms. The Morgan fingerprint density at radius 2 is 2.57 bits per heavy atom. The molecular formula is C3H4N4. The predicted octanol–water partition coefficient (Wildman–Crippen LogP) is 1.72. The van der Waals surface area contributed by atoms with Crippen LogP contribution in [0.1, 0.15) is 6.92 Å². The average Bonchev–Trinajstić information content (AvgIpc) is 1.68. The van der Waals surface area contributed by atoms with E-state index in [1.165, 1.54) is 6.92 Å². The van der Waals surface area contributed by atoms with Gasteiger partial charge in [0, 0.05) is 6.92 Å². The minimum Gasteiger partial charge on any atom is -0.707 e. The molecule has 0 saturated carbocycles. The predicted molar refractivity (Wildman–Crippen MR) is 24.6 cm³/mol. The largest absolute Gasteiger partial charge is 0.707 e. The Bertz CT molecular complexity index is 128. The number of hydrogen-bond donors (Lipinski definition) is 0. The van der Waals surface area contributed by atoms with Crippen molar-refractivity contribution >= 4 is 0 Å². The second-order valence-corrected chi connectivity index (χ2v) is 0.986. The van der Waals surface area contributed by atoms with Gasteiger partial charge in [-0.25, -0.2) is 0 Å². The van der Waals surface area contributed by atoms with Gasteiger partial charge in [-0.1, -0.05) is 0 Å². The van der Waals surface area contributed by atoms with Gasteiger partial charge in [-0.15, -0.1) is 0 Å². The molecule has 0 aliphatic carbocycles. The van der Waals surface area contributed by atoms with Crippen molar-refractivity contribution in [2.45, 2.75) is 6.92 Å². The Hall–Kier alpha value is -1.24. The molecule has 0 aromatic carbocycles. The normalized spacial score (nSPS) is 10.0. The van der Waals surface area contributed by atoms with Crippen LogP contribution in [-0.2, 0) is 0 Å². The quantitative estimate of drug-likeness (QED) is 0.362. The van der Waals surface area contributed by atoms with Crippen LogP contribution in [-0.4, -0.2) is 0 Å². The van der Waals surface area contributed by atoms with Crippen molar-refractivity contribution in [2.75, 3.05) is 0 Å². The monoisotopic (exact) mass is 96.0 g/mol. The van der Waals surface area contributed by atoms with E-state index in [9.17, 15) is 0 Å². The molecule has 0 aliphatic heterocycles. The van der Waals surface area contributed by atoms with Gasteiger partial charge in [0.15, 0.2) is 4.98 Å². The molecule has 0 amide bonds. The Morgan fingerprint density at radius 3 is 2.71 bits per heavy atom. The van der Waals surface area contributed by atoms with Crippen molar-refractivity contribution in [1.29, 1.82) is 5.39 Å². The Balaban J connectivity index is 3.80. The summed E-state index contributed by atoms with van der Waals surface area (Å²) in [6.45, 7) is 1.50. The van der Waals surface area contributed by atoms with Crippen LogP contribution in [0.3, 0.4) is 0 Å². The smallest absolute Gasteiger partial charge is 0.374 e. The van der Waals surface area contributed by atoms with Crippen LogP contribution in [0.4, 0.5) is 0 Å². The first-order valence-corrected chi connectivity index (χ1v) is 1.67. The van der Waals surface area contributed by atoms with E-state index in [4.69, 9.17) is 10.9 Å². The van der Waals surface area contributed by atoms with Crippen LogP contribution >= 0.6 is 0 Å². The second kappa shape index (κ2) is 2.97. The lowest BCUT2D eigenvalue weighted by Crippen LogP contribution is -1.55. The van der Waals surface area contributed by atoms with E-state index in [1.807, 2.05) is 0 Å². The van der Waals surface area contributed by atoms with Crippen molar-refractivity contribution in [3.05, 3.63) is 22.4 Å². The van der Waals surface area contributed by atoms with Gasteiger partial charge in [-0.2, -0.15) is 0 Å². The fourth-order valence-corrected chi connectivity index (χ4v) is 0.109. The third-order valence-electron chi connectivity index (χ3n) is 0.402. The van der Waals surface area contributed by atoms with E-state index >= 15 is 0 Å². The first-order valence-electron chi connectivity index (χ1n) is 1.67. The van der Waals surface area contributed by atoms with E-state index in [0.29, 0.717) is 0 Å². The van der Waals surface area contributed by atoms with Crippen LogP contribution in [0.5, 0.6) is 0 Å². The third kappa shape index (κ3) is 2.56. The molecule has 0 rings (SSSR count). The van der Waals surface area contributed by atoms with E-state index in [0.717, 1.165) is 6.20 Å². The lowest BCUT2D eigenvalue weighted by Gasteiger charge is -1.70. The van der Waals surface area contributed by atoms with Gasteiger partial charge in [0.2, 0.25) is 5.39 Å². The van der Waals surface area contributed by atoms with Gasteiger partial charge in [0.05, 0.1) is 6.20 Å². The van der Waals surface area contributed by atoms with Crippen molar-refractivity contribution in [3.63, 3.8) is 0 Å². The molecule has 0 aliphatic rings. The highest BCUT2D eigenvalue weighted by Crippen LogP contribution is 1.90. The molecule has 7 heavy (non-hydrogen) atoms. The molecule has 0 radical (unpaired) electrons. The fourth-order valence-electron chi connectivity index (χ4n) is 0.109. The van der Waals surface area contributed by atoms with Crippen molar-refractivity contribution in [2.24, 2.45) is 5.11 Å². The highest BCUT2D eigenvalue weighted by atomic mass is 15.0. The molecular weight excluding hydrogens is 92.1 g/mol. The molecule has 0 saturated heterocycles.